The van der Waals surface area contributed by atoms with Crippen molar-refractivity contribution >= 4 is 5.97 Å². The molecule has 0 aliphatic carbocycles. The monoisotopic (exact) mass is 334 g/mol. The first-order chi connectivity index (χ1) is 12.2. The zero-order valence-corrected chi connectivity index (χ0v) is 13.8. The summed E-state index contributed by atoms with van der Waals surface area (Å²) in [6, 6.07) is 23.1. The van der Waals surface area contributed by atoms with Gasteiger partial charge in [0.05, 0.1) is 7.11 Å². The van der Waals surface area contributed by atoms with E-state index < -0.39 is 12.6 Å². The maximum Gasteiger partial charge on any atom is 0.341 e. The normalized spacial score (nSPS) is 10.3. The minimum absolute atomic E-state index is 0.411. The van der Waals surface area contributed by atoms with Gasteiger partial charge in [-0.15, -0.1) is 0 Å². The van der Waals surface area contributed by atoms with Gasteiger partial charge in [0.15, 0.2) is 6.61 Å². The summed E-state index contributed by atoms with van der Waals surface area (Å²) in [4.78, 5) is 11.0. The molecule has 3 rings (SSSR count). The van der Waals surface area contributed by atoms with Crippen molar-refractivity contribution in [3.8, 4) is 33.8 Å². The Morgan fingerprint density at radius 3 is 1.76 bits per heavy atom. The molecule has 0 amide bonds. The van der Waals surface area contributed by atoms with E-state index in [0.29, 0.717) is 11.5 Å². The number of carboxylic acids is 1. The van der Waals surface area contributed by atoms with Gasteiger partial charge in [-0.3, -0.25) is 0 Å². The van der Waals surface area contributed by atoms with Gasteiger partial charge in [0, 0.05) is 11.1 Å². The van der Waals surface area contributed by atoms with Crippen molar-refractivity contribution in [2.45, 2.75) is 0 Å². The van der Waals surface area contributed by atoms with E-state index in [9.17, 15) is 4.79 Å². The predicted molar refractivity (Wildman–Crippen MR) is 97.0 cm³/mol. The summed E-state index contributed by atoms with van der Waals surface area (Å²) in [7, 11) is 1.61. The van der Waals surface area contributed by atoms with Crippen LogP contribution in [-0.2, 0) is 4.79 Å². The molecule has 0 saturated carbocycles. The second kappa shape index (κ2) is 7.53. The van der Waals surface area contributed by atoms with Gasteiger partial charge >= 0.3 is 5.97 Å². The summed E-state index contributed by atoms with van der Waals surface area (Å²) in [6.45, 7) is -0.411. The Hall–Kier alpha value is -3.27. The van der Waals surface area contributed by atoms with Gasteiger partial charge in [-0.05, 0) is 23.3 Å². The largest absolute Gasteiger partial charge is 0.497 e. The first-order valence-corrected chi connectivity index (χ1v) is 7.86. The van der Waals surface area contributed by atoms with E-state index >= 15 is 0 Å². The summed E-state index contributed by atoms with van der Waals surface area (Å²) >= 11 is 0. The molecular formula is C21H18O4. The molecule has 0 bridgehead atoms. The quantitative estimate of drug-likeness (QED) is 0.721. The minimum atomic E-state index is -1.02. The van der Waals surface area contributed by atoms with Crippen molar-refractivity contribution in [2.24, 2.45) is 0 Å². The molecule has 0 unspecified atom stereocenters. The topological polar surface area (TPSA) is 55.8 Å². The molecule has 0 spiro atoms. The Balaban J connectivity index is 2.23. The molecule has 0 aliphatic rings. The molecule has 126 valence electrons. The van der Waals surface area contributed by atoms with Gasteiger partial charge in [0.1, 0.15) is 11.5 Å². The zero-order valence-electron chi connectivity index (χ0n) is 13.8. The zero-order chi connectivity index (χ0) is 17.6. The highest BCUT2D eigenvalue weighted by atomic mass is 16.5. The molecule has 0 aromatic heterocycles. The lowest BCUT2D eigenvalue weighted by molar-refractivity contribution is -0.139. The number of benzene rings is 3. The van der Waals surface area contributed by atoms with E-state index in [1.807, 2.05) is 72.8 Å². The third kappa shape index (κ3) is 3.80. The molecule has 0 aliphatic heterocycles. The van der Waals surface area contributed by atoms with Crippen LogP contribution in [0.25, 0.3) is 22.3 Å². The van der Waals surface area contributed by atoms with Crippen molar-refractivity contribution in [2.75, 3.05) is 13.7 Å². The van der Waals surface area contributed by atoms with Gasteiger partial charge in [-0.25, -0.2) is 4.79 Å². The number of rotatable bonds is 6. The summed E-state index contributed by atoms with van der Waals surface area (Å²) in [5.74, 6) is 0.190. The van der Waals surface area contributed by atoms with Gasteiger partial charge in [0.25, 0.3) is 0 Å². The molecule has 4 nitrogen and oxygen atoms in total. The van der Waals surface area contributed by atoms with Crippen molar-refractivity contribution in [3.63, 3.8) is 0 Å². The van der Waals surface area contributed by atoms with Crippen LogP contribution in [0.3, 0.4) is 0 Å². The minimum Gasteiger partial charge on any atom is -0.497 e. The predicted octanol–water partition coefficient (Wildman–Crippen LogP) is 4.49. The van der Waals surface area contributed by atoms with Crippen LogP contribution in [0, 0.1) is 0 Å². The maximum atomic E-state index is 11.0. The Bertz CT molecular complexity index is 797. The number of methoxy groups -OCH3 is 1. The summed E-state index contributed by atoms with van der Waals surface area (Å²) in [5.41, 5.74) is 3.44. The van der Waals surface area contributed by atoms with E-state index in [-0.39, 0.29) is 0 Å². The van der Waals surface area contributed by atoms with Crippen LogP contribution in [0.4, 0.5) is 0 Å². The lowest BCUT2D eigenvalue weighted by Crippen LogP contribution is -2.11. The first kappa shape index (κ1) is 16.6. The summed E-state index contributed by atoms with van der Waals surface area (Å²) < 4.78 is 11.1. The molecule has 3 aromatic rings. The Morgan fingerprint density at radius 1 is 0.880 bits per heavy atom. The highest BCUT2D eigenvalue weighted by Crippen LogP contribution is 2.42. The second-order valence-corrected chi connectivity index (χ2v) is 5.47. The van der Waals surface area contributed by atoms with Gasteiger partial charge in [-0.1, -0.05) is 60.7 Å². The lowest BCUT2D eigenvalue weighted by Gasteiger charge is -2.17. The van der Waals surface area contributed by atoms with Crippen LogP contribution in [0.2, 0.25) is 0 Å². The average molecular weight is 334 g/mol. The number of carboxylic acid groups (broad SMARTS) is 1. The molecule has 25 heavy (non-hydrogen) atoms. The maximum absolute atomic E-state index is 11.0. The molecule has 0 atom stereocenters. The summed E-state index contributed by atoms with van der Waals surface area (Å²) in [5, 5.41) is 9.05. The second-order valence-electron chi connectivity index (χ2n) is 5.47. The Morgan fingerprint density at radius 2 is 1.36 bits per heavy atom. The van der Waals surface area contributed by atoms with Crippen LogP contribution in [0.5, 0.6) is 11.5 Å². The number of hydrogen-bond donors (Lipinski definition) is 1. The number of ether oxygens (including phenoxy) is 2. The molecule has 3 aromatic carbocycles. The van der Waals surface area contributed by atoms with E-state index in [1.54, 1.807) is 7.11 Å². The van der Waals surface area contributed by atoms with E-state index in [1.165, 1.54) is 0 Å². The third-order valence-electron chi connectivity index (χ3n) is 3.81. The van der Waals surface area contributed by atoms with Crippen molar-refractivity contribution in [3.05, 3.63) is 72.8 Å². The Labute approximate surface area is 146 Å². The van der Waals surface area contributed by atoms with Gasteiger partial charge < -0.3 is 14.6 Å². The molecular weight excluding hydrogens is 316 g/mol. The molecule has 1 N–H and O–H groups in total. The van der Waals surface area contributed by atoms with Crippen LogP contribution in [0.15, 0.2) is 72.8 Å². The number of hydrogen-bond acceptors (Lipinski definition) is 3. The highest BCUT2D eigenvalue weighted by molar-refractivity contribution is 5.84. The van der Waals surface area contributed by atoms with Crippen LogP contribution >= 0.6 is 0 Å². The smallest absolute Gasteiger partial charge is 0.341 e. The number of aliphatic carboxylic acids is 1. The fraction of sp³-hybridized carbons (Fsp3) is 0.0952. The highest BCUT2D eigenvalue weighted by Gasteiger charge is 2.17. The Kier molecular flexibility index (Phi) is 5.00. The van der Waals surface area contributed by atoms with Crippen molar-refractivity contribution < 1.29 is 19.4 Å². The van der Waals surface area contributed by atoms with Crippen LogP contribution < -0.4 is 9.47 Å². The molecule has 0 heterocycles. The van der Waals surface area contributed by atoms with Gasteiger partial charge in [0.2, 0.25) is 0 Å². The first-order valence-electron chi connectivity index (χ1n) is 7.86. The van der Waals surface area contributed by atoms with Crippen molar-refractivity contribution in [1.29, 1.82) is 0 Å². The lowest BCUT2D eigenvalue weighted by atomic mass is 9.96. The fourth-order valence-electron chi connectivity index (χ4n) is 2.67. The molecule has 0 radical (unpaired) electrons. The van der Waals surface area contributed by atoms with E-state index in [4.69, 9.17) is 14.6 Å². The van der Waals surface area contributed by atoms with Crippen LogP contribution in [0.1, 0.15) is 0 Å². The van der Waals surface area contributed by atoms with E-state index in [0.717, 1.165) is 22.3 Å². The van der Waals surface area contributed by atoms with Crippen molar-refractivity contribution in [1.82, 2.24) is 0 Å². The third-order valence-corrected chi connectivity index (χ3v) is 3.81. The molecule has 0 fully saturated rings. The average Bonchev–Trinajstić information content (AvgIpc) is 2.67. The number of carbonyl (C=O) groups is 1. The van der Waals surface area contributed by atoms with E-state index in [2.05, 4.69) is 0 Å². The molecule has 0 saturated heterocycles. The molecule has 4 heteroatoms. The summed E-state index contributed by atoms with van der Waals surface area (Å²) in [6.07, 6.45) is 0. The van der Waals surface area contributed by atoms with Gasteiger partial charge in [-0.2, -0.15) is 0 Å². The fourth-order valence-corrected chi connectivity index (χ4v) is 2.67. The van der Waals surface area contributed by atoms with Crippen LogP contribution in [-0.4, -0.2) is 24.8 Å². The standard InChI is InChI=1S/C21H18O4/c1-24-17-12-18(15-8-4-2-5-9-15)21(25-14-20(22)23)19(13-17)16-10-6-3-7-11-16/h2-13H,14H2,1H3,(H,22,23). The SMILES string of the molecule is COc1cc(-c2ccccc2)c(OCC(=O)O)c(-c2ccccc2)c1.